The van der Waals surface area contributed by atoms with Crippen molar-refractivity contribution in [3.63, 3.8) is 0 Å². The van der Waals surface area contributed by atoms with Gasteiger partial charge in [0.15, 0.2) is 12.3 Å². The van der Waals surface area contributed by atoms with Crippen molar-refractivity contribution in [3.8, 4) is 0 Å². The van der Waals surface area contributed by atoms with E-state index in [1.54, 1.807) is 6.08 Å². The third-order valence-electron chi connectivity index (χ3n) is 11.1. The largest absolute Gasteiger partial charge is 0.481 e. The van der Waals surface area contributed by atoms with E-state index >= 15 is 0 Å². The van der Waals surface area contributed by atoms with Crippen LogP contribution in [0.15, 0.2) is 102 Å². The number of esters is 2. The van der Waals surface area contributed by atoms with Crippen LogP contribution in [-0.4, -0.2) is 96.9 Å². The number of rotatable bonds is 41. The zero-order valence-corrected chi connectivity index (χ0v) is 44.6. The van der Waals surface area contributed by atoms with Crippen LogP contribution in [0.1, 0.15) is 155 Å². The molecule has 21 heteroatoms. The lowest BCUT2D eigenvalue weighted by atomic mass is 10.1. The molecule has 2 rings (SSSR count). The number of hydrogen-bond donors (Lipinski definition) is 6. The van der Waals surface area contributed by atoms with Crippen LogP contribution in [-0.2, 0) is 46.3 Å². The molecule has 0 saturated carbocycles. The molecule has 0 spiro atoms. The molecule has 7 N–H and O–H groups in total. The molecule has 0 amide bonds. The van der Waals surface area contributed by atoms with Gasteiger partial charge in [-0.3, -0.25) is 23.2 Å². The highest BCUT2D eigenvalue weighted by Gasteiger charge is 2.46. The zero-order chi connectivity index (χ0) is 53.6. The lowest BCUT2D eigenvalue weighted by molar-refractivity contribution is -0.161. The molecule has 73 heavy (non-hydrogen) atoms. The molecule has 2 heterocycles. The van der Waals surface area contributed by atoms with Crippen molar-refractivity contribution in [2.75, 3.05) is 25.6 Å². The van der Waals surface area contributed by atoms with Crippen LogP contribution in [0.2, 0.25) is 0 Å². The molecule has 0 radical (unpaired) electrons. The van der Waals surface area contributed by atoms with Gasteiger partial charge in [-0.25, -0.2) is 13.9 Å². The Hall–Kier alpha value is -4.10. The fourth-order valence-corrected chi connectivity index (χ4v) is 9.17. The number of anilines is 1. The Labute approximate surface area is 431 Å². The number of aromatic nitrogens is 2. The summed E-state index contributed by atoms with van der Waals surface area (Å²) in [5.41, 5.74) is 4.58. The van der Waals surface area contributed by atoms with E-state index in [9.17, 15) is 48.6 Å². The van der Waals surface area contributed by atoms with E-state index in [1.165, 1.54) is 44.6 Å². The summed E-state index contributed by atoms with van der Waals surface area (Å²) in [7, 11) is -10.9. The predicted octanol–water partition coefficient (Wildman–Crippen LogP) is 9.64. The number of carbonyl (C=O) groups excluding carboxylic acids is 2. The number of phosphoric ester groups is 2. The summed E-state index contributed by atoms with van der Waals surface area (Å²) in [5, 5.41) is 30.8. The second-order valence-electron chi connectivity index (χ2n) is 17.5. The molecule has 1 aliphatic rings. The topological polar surface area (TPSA) is 286 Å². The number of nitrogens with zero attached hydrogens (tertiary/aromatic N) is 2. The summed E-state index contributed by atoms with van der Waals surface area (Å²) in [6.45, 7) is 1.85. The molecule has 1 fully saturated rings. The van der Waals surface area contributed by atoms with E-state index in [-0.39, 0.29) is 18.7 Å². The third-order valence-corrected chi connectivity index (χ3v) is 13.7. The summed E-state index contributed by atoms with van der Waals surface area (Å²) >= 11 is 0. The van der Waals surface area contributed by atoms with Crippen molar-refractivity contribution < 1.29 is 71.4 Å². The molecule has 3 unspecified atom stereocenters. The third kappa shape index (κ3) is 32.1. The van der Waals surface area contributed by atoms with E-state index in [0.29, 0.717) is 25.7 Å². The van der Waals surface area contributed by atoms with Gasteiger partial charge in [-0.05, 0) is 76.7 Å². The van der Waals surface area contributed by atoms with Gasteiger partial charge in [-0.1, -0.05) is 150 Å². The predicted molar refractivity (Wildman–Crippen MR) is 281 cm³/mol. The Morgan fingerprint density at radius 3 is 2.00 bits per heavy atom. The number of carbonyl (C=O) groups is 2. The number of hydrogen-bond acceptors (Lipinski definition) is 16. The van der Waals surface area contributed by atoms with E-state index in [0.717, 1.165) is 68.6 Å². The Bertz CT molecular complexity index is 2070. The molecular weight excluding hydrogens is 985 g/mol. The van der Waals surface area contributed by atoms with Gasteiger partial charge in [0.1, 0.15) is 30.7 Å². The summed E-state index contributed by atoms with van der Waals surface area (Å²) in [6, 6.07) is 1.24. The van der Waals surface area contributed by atoms with Crippen LogP contribution in [0, 0.1) is 0 Å². The lowest BCUT2D eigenvalue weighted by Gasteiger charge is -2.21. The van der Waals surface area contributed by atoms with Crippen molar-refractivity contribution in [1.29, 1.82) is 0 Å². The van der Waals surface area contributed by atoms with E-state index in [1.807, 2.05) is 73.8 Å². The molecule has 8 atom stereocenters. The quantitative estimate of drug-likeness (QED) is 0.0117. The standard InChI is InChI=1S/C52H83N3O16P2/c1-3-5-7-8-9-10-11-12-13-16-20-23-26-29-33-37-48(58)69-44(40-66-47(57)36-32-28-25-22-19-17-14-15-18-21-24-27-31-35-43(56)34-30-6-4-2)41-67-72(62,63)71-73(64,65)68-42-45-49(59)50(60)51(70-45)55-39-38-46(53)54-52(55)61/h6,12-13,15,17-19,24-25,27-28,30-31,35,38-39,43-45,49-51,56,59-60H,3-5,7-11,14,16,20-23,26,29,32-34,36-37,40-42H2,1-2H3,(H,62,63)(H,64,65)(H2,53,54,61)/b13-12-,18-15-,19-17-,27-24+,28-25-,30-6-,35-31+/t43?,44-,45-,49-,50-,51-/m1/s1. The maximum atomic E-state index is 12.9. The number of phosphoric acid groups is 2. The summed E-state index contributed by atoms with van der Waals surface area (Å²) < 4.78 is 56.7. The van der Waals surface area contributed by atoms with Gasteiger partial charge in [0.25, 0.3) is 0 Å². The first-order valence-electron chi connectivity index (χ1n) is 25.7. The van der Waals surface area contributed by atoms with Gasteiger partial charge < -0.3 is 45.1 Å². The molecule has 1 saturated heterocycles. The summed E-state index contributed by atoms with van der Waals surface area (Å²) in [6.07, 6.45) is 38.6. The van der Waals surface area contributed by atoms with Gasteiger partial charge in [-0.15, -0.1) is 0 Å². The molecule has 1 aromatic rings. The minimum atomic E-state index is -5.45. The van der Waals surface area contributed by atoms with Crippen LogP contribution in [0.5, 0.6) is 0 Å². The van der Waals surface area contributed by atoms with Crippen LogP contribution >= 0.6 is 15.6 Å². The van der Waals surface area contributed by atoms with Crippen LogP contribution < -0.4 is 11.4 Å². The average Bonchev–Trinajstić information content (AvgIpc) is 3.62. The van der Waals surface area contributed by atoms with Gasteiger partial charge in [0.2, 0.25) is 0 Å². The normalized spacial score (nSPS) is 20.1. The Kier molecular flexibility index (Phi) is 35.0. The van der Waals surface area contributed by atoms with E-state index in [2.05, 4.69) is 28.4 Å². The fourth-order valence-electron chi connectivity index (χ4n) is 7.06. The van der Waals surface area contributed by atoms with Crippen molar-refractivity contribution in [2.24, 2.45) is 0 Å². The maximum absolute atomic E-state index is 12.9. The maximum Gasteiger partial charge on any atom is 0.481 e. The second-order valence-corrected chi connectivity index (χ2v) is 20.5. The smallest absolute Gasteiger partial charge is 0.462 e. The summed E-state index contributed by atoms with van der Waals surface area (Å²) in [4.78, 5) is 61.9. The molecule has 19 nitrogen and oxygen atoms in total. The first kappa shape index (κ1) is 65.0. The first-order valence-corrected chi connectivity index (χ1v) is 28.7. The molecule has 0 aromatic carbocycles. The highest BCUT2D eigenvalue weighted by atomic mass is 31.3. The molecule has 0 aliphatic carbocycles. The zero-order valence-electron chi connectivity index (χ0n) is 42.8. The number of aliphatic hydroxyl groups excluding tert-OH is 3. The highest BCUT2D eigenvalue weighted by molar-refractivity contribution is 7.61. The minimum Gasteiger partial charge on any atom is -0.462 e. The first-order chi connectivity index (χ1) is 35.1. The Morgan fingerprint density at radius 2 is 1.34 bits per heavy atom. The SMILES string of the molecule is CC/C=C\CC(O)/C=C/C=C/C/C=C\C/C=C\C/C=C\CCC(=O)OC[C@H](COP(=O)(O)OP(=O)(O)OC[C@H]1O[C@@H](n2ccc(N)nc2=O)[C@H](O)[C@@H]1O)OC(=O)CCCCCCC/C=C\CCCCCCCC. The number of aliphatic hydroxyl groups is 3. The van der Waals surface area contributed by atoms with Crippen molar-refractivity contribution in [1.82, 2.24) is 9.55 Å². The van der Waals surface area contributed by atoms with E-state index < -0.39 is 89.8 Å². The summed E-state index contributed by atoms with van der Waals surface area (Å²) in [5.74, 6) is -1.44. The molecule has 412 valence electrons. The van der Waals surface area contributed by atoms with E-state index in [4.69, 9.17) is 29.0 Å². The van der Waals surface area contributed by atoms with Crippen LogP contribution in [0.3, 0.4) is 0 Å². The Balaban J connectivity index is 1.84. The number of ether oxygens (including phenoxy) is 3. The second kappa shape index (κ2) is 39.3. The molecule has 1 aliphatic heterocycles. The van der Waals surface area contributed by atoms with Gasteiger partial charge in [0, 0.05) is 19.0 Å². The van der Waals surface area contributed by atoms with Crippen LogP contribution in [0.25, 0.3) is 0 Å². The van der Waals surface area contributed by atoms with Crippen molar-refractivity contribution >= 4 is 33.4 Å². The van der Waals surface area contributed by atoms with Gasteiger partial charge >= 0.3 is 33.3 Å². The fraction of sp³-hybridized carbons (Fsp3) is 0.615. The monoisotopic (exact) mass is 1070 g/mol. The van der Waals surface area contributed by atoms with Gasteiger partial charge in [-0.2, -0.15) is 9.29 Å². The average molecular weight is 1070 g/mol. The lowest BCUT2D eigenvalue weighted by Crippen LogP contribution is -2.36. The van der Waals surface area contributed by atoms with Gasteiger partial charge in [0.05, 0.1) is 19.3 Å². The molecule has 1 aromatic heterocycles. The number of nitrogen functional groups attached to an aromatic ring is 1. The molecular formula is C52H83N3O16P2. The highest BCUT2D eigenvalue weighted by Crippen LogP contribution is 2.60. The number of nitrogens with two attached hydrogens (primary N) is 1. The van der Waals surface area contributed by atoms with Crippen molar-refractivity contribution in [2.45, 2.75) is 185 Å². The number of unbranched alkanes of at least 4 members (excludes halogenated alkanes) is 11. The van der Waals surface area contributed by atoms with Crippen molar-refractivity contribution in [3.05, 3.63) is 108 Å². The van der Waals surface area contributed by atoms with Crippen LogP contribution in [0.4, 0.5) is 5.82 Å². The Morgan fingerprint density at radius 1 is 0.740 bits per heavy atom. The minimum absolute atomic E-state index is 0.0125. The molecule has 0 bridgehead atoms. The number of allylic oxidation sites excluding steroid dienone is 12.